The van der Waals surface area contributed by atoms with E-state index in [2.05, 4.69) is 25.8 Å². The molecule has 10 nitrogen and oxygen atoms in total. The first kappa shape index (κ1) is 23.9. The number of carbonyl (C=O) groups excluding carboxylic acids is 1. The number of ether oxygens (including phenoxy) is 1. The number of urea groups is 1. The maximum absolute atomic E-state index is 14.6. The van der Waals surface area contributed by atoms with Crippen molar-refractivity contribution in [2.45, 2.75) is 32.9 Å². The Morgan fingerprint density at radius 1 is 1.09 bits per heavy atom. The van der Waals surface area contributed by atoms with Crippen molar-refractivity contribution in [1.82, 2.24) is 24.5 Å². The minimum Gasteiger partial charge on any atom is -0.457 e. The first-order valence-corrected chi connectivity index (χ1v) is 10.9. The average Bonchev–Trinajstić information content (AvgIpc) is 3.46. The third-order valence-electron chi connectivity index (χ3n) is 4.94. The molecular weight excluding hydrogens is 453 g/mol. The predicted molar refractivity (Wildman–Crippen MR) is 129 cm³/mol. The Morgan fingerprint density at radius 3 is 2.60 bits per heavy atom. The molecule has 1 aromatic carbocycles. The highest BCUT2D eigenvalue weighted by Crippen LogP contribution is 2.28. The molecule has 4 aromatic rings. The van der Waals surface area contributed by atoms with Crippen molar-refractivity contribution >= 4 is 17.4 Å². The summed E-state index contributed by atoms with van der Waals surface area (Å²) in [4.78, 5) is 16.6. The molecule has 3 N–H and O–H groups in total. The Kier molecular flexibility index (Phi) is 6.78. The highest BCUT2D eigenvalue weighted by Gasteiger charge is 2.15. The van der Waals surface area contributed by atoms with E-state index in [1.807, 2.05) is 20.8 Å². The van der Waals surface area contributed by atoms with Crippen LogP contribution in [0, 0.1) is 5.82 Å². The van der Waals surface area contributed by atoms with Crippen LogP contribution in [0.1, 0.15) is 20.8 Å². The topological polar surface area (TPSA) is 119 Å². The van der Waals surface area contributed by atoms with E-state index in [1.165, 1.54) is 18.3 Å². The van der Waals surface area contributed by atoms with Gasteiger partial charge in [0.2, 0.25) is 0 Å². The molecule has 0 atom stereocenters. The molecule has 0 aliphatic rings. The zero-order chi connectivity index (χ0) is 25.0. The van der Waals surface area contributed by atoms with Gasteiger partial charge >= 0.3 is 6.03 Å². The SMILES string of the molecule is CC(C)(C)n1cc(NC(=O)Nc2ccc(Oc3ccnc(-c4cnn(CCO)c4)c3)cc2F)cn1. The Hall–Kier alpha value is -4.25. The molecule has 0 fully saturated rings. The number of nitrogens with one attached hydrogen (secondary N) is 2. The van der Waals surface area contributed by atoms with E-state index in [-0.39, 0.29) is 23.6 Å². The fraction of sp³-hybridized carbons (Fsp3) is 0.250. The Labute approximate surface area is 201 Å². The van der Waals surface area contributed by atoms with Crippen LogP contribution >= 0.6 is 0 Å². The van der Waals surface area contributed by atoms with Gasteiger partial charge in [-0.25, -0.2) is 9.18 Å². The van der Waals surface area contributed by atoms with E-state index in [0.29, 0.717) is 23.7 Å². The molecule has 35 heavy (non-hydrogen) atoms. The minimum atomic E-state index is -0.650. The van der Waals surface area contributed by atoms with Crippen molar-refractivity contribution in [2.75, 3.05) is 17.2 Å². The number of nitrogens with zero attached hydrogens (tertiary/aromatic N) is 5. The van der Waals surface area contributed by atoms with E-state index < -0.39 is 11.8 Å². The maximum Gasteiger partial charge on any atom is 0.323 e. The lowest BCUT2D eigenvalue weighted by Crippen LogP contribution is -2.22. The van der Waals surface area contributed by atoms with Crippen LogP contribution in [-0.4, -0.2) is 42.3 Å². The van der Waals surface area contributed by atoms with E-state index in [9.17, 15) is 9.18 Å². The monoisotopic (exact) mass is 479 g/mol. The molecule has 182 valence electrons. The van der Waals surface area contributed by atoms with E-state index >= 15 is 0 Å². The van der Waals surface area contributed by atoms with E-state index in [4.69, 9.17) is 9.84 Å². The first-order chi connectivity index (χ1) is 16.7. The summed E-state index contributed by atoms with van der Waals surface area (Å²) in [6, 6.07) is 6.92. The van der Waals surface area contributed by atoms with Gasteiger partial charge in [-0.15, -0.1) is 0 Å². The summed E-state index contributed by atoms with van der Waals surface area (Å²) in [5, 5.41) is 22.5. The zero-order valence-electron chi connectivity index (χ0n) is 19.6. The molecular formula is C24H26FN7O3. The number of hydrogen-bond donors (Lipinski definition) is 3. The highest BCUT2D eigenvalue weighted by molar-refractivity contribution is 5.99. The Morgan fingerprint density at radius 2 is 1.89 bits per heavy atom. The van der Waals surface area contributed by atoms with Gasteiger partial charge in [0, 0.05) is 36.3 Å². The van der Waals surface area contributed by atoms with Crippen molar-refractivity contribution in [3.63, 3.8) is 0 Å². The number of carbonyl (C=O) groups is 1. The van der Waals surface area contributed by atoms with Crippen molar-refractivity contribution in [3.05, 3.63) is 67.1 Å². The molecule has 0 unspecified atom stereocenters. The molecule has 0 saturated heterocycles. The molecule has 0 spiro atoms. The van der Waals surface area contributed by atoms with E-state index in [1.54, 1.807) is 52.4 Å². The molecule has 3 aromatic heterocycles. The van der Waals surface area contributed by atoms with Gasteiger partial charge in [-0.2, -0.15) is 10.2 Å². The Balaban J connectivity index is 1.40. The number of aromatic nitrogens is 5. The van der Waals surface area contributed by atoms with Crippen LogP contribution in [0.25, 0.3) is 11.3 Å². The number of anilines is 2. The molecule has 0 bridgehead atoms. The predicted octanol–water partition coefficient (Wildman–Crippen LogP) is 4.46. The van der Waals surface area contributed by atoms with Crippen molar-refractivity contribution in [3.8, 4) is 22.8 Å². The number of amides is 2. The number of aliphatic hydroxyl groups excluding tert-OH is 1. The standard InChI is InChI=1S/C24H26FN7O3/c1-24(2,3)32-15-17(13-28-32)29-23(34)30-21-5-4-18(10-20(21)25)35-19-6-7-26-22(11-19)16-12-27-31(14-16)8-9-33/h4-7,10-15,33H,8-9H2,1-3H3,(H2,29,30,34). The van der Waals surface area contributed by atoms with Gasteiger partial charge in [0.05, 0.1) is 48.2 Å². The van der Waals surface area contributed by atoms with Crippen LogP contribution in [0.3, 0.4) is 0 Å². The van der Waals surface area contributed by atoms with Gasteiger partial charge in [-0.1, -0.05) is 0 Å². The number of pyridine rings is 1. The number of aliphatic hydroxyl groups is 1. The van der Waals surface area contributed by atoms with Gasteiger partial charge < -0.3 is 20.5 Å². The van der Waals surface area contributed by atoms with Crippen LogP contribution < -0.4 is 15.4 Å². The molecule has 0 aliphatic heterocycles. The molecule has 4 rings (SSSR count). The van der Waals surface area contributed by atoms with Crippen LogP contribution in [0.2, 0.25) is 0 Å². The lowest BCUT2D eigenvalue weighted by atomic mass is 10.1. The summed E-state index contributed by atoms with van der Waals surface area (Å²) >= 11 is 0. The molecule has 2 amide bonds. The molecule has 11 heteroatoms. The van der Waals surface area contributed by atoms with Gasteiger partial charge in [0.25, 0.3) is 0 Å². The molecule has 3 heterocycles. The fourth-order valence-electron chi connectivity index (χ4n) is 3.19. The lowest BCUT2D eigenvalue weighted by molar-refractivity contribution is 0.262. The fourth-order valence-corrected chi connectivity index (χ4v) is 3.19. The smallest absolute Gasteiger partial charge is 0.323 e. The van der Waals surface area contributed by atoms with Crippen LogP contribution in [-0.2, 0) is 12.1 Å². The minimum absolute atomic E-state index is 0.00442. The number of hydrogen-bond acceptors (Lipinski definition) is 6. The first-order valence-electron chi connectivity index (χ1n) is 10.9. The molecule has 0 aliphatic carbocycles. The van der Waals surface area contributed by atoms with E-state index in [0.717, 1.165) is 5.56 Å². The van der Waals surface area contributed by atoms with Crippen molar-refractivity contribution < 1.29 is 19.0 Å². The van der Waals surface area contributed by atoms with Gasteiger partial charge in [-0.05, 0) is 39.0 Å². The average molecular weight is 480 g/mol. The summed E-state index contributed by atoms with van der Waals surface area (Å²) in [5.74, 6) is 0.0641. The lowest BCUT2D eigenvalue weighted by Gasteiger charge is -2.18. The normalized spacial score (nSPS) is 11.3. The summed E-state index contributed by atoms with van der Waals surface area (Å²) in [7, 11) is 0. The number of benzene rings is 1. The summed E-state index contributed by atoms with van der Waals surface area (Å²) in [6.45, 7) is 6.33. The van der Waals surface area contributed by atoms with Gasteiger partial charge in [0.15, 0.2) is 0 Å². The zero-order valence-corrected chi connectivity index (χ0v) is 19.6. The number of rotatable bonds is 7. The van der Waals surface area contributed by atoms with Crippen LogP contribution in [0.4, 0.5) is 20.6 Å². The van der Waals surface area contributed by atoms with Gasteiger partial charge in [-0.3, -0.25) is 14.3 Å². The summed E-state index contributed by atoms with van der Waals surface area (Å²) < 4.78 is 23.8. The summed E-state index contributed by atoms with van der Waals surface area (Å²) in [6.07, 6.45) is 8.21. The largest absolute Gasteiger partial charge is 0.457 e. The second-order valence-corrected chi connectivity index (χ2v) is 8.76. The molecule has 0 saturated carbocycles. The maximum atomic E-state index is 14.6. The third-order valence-corrected chi connectivity index (χ3v) is 4.94. The molecule has 0 radical (unpaired) electrons. The second kappa shape index (κ2) is 9.94. The van der Waals surface area contributed by atoms with Crippen molar-refractivity contribution in [2.24, 2.45) is 0 Å². The summed E-state index contributed by atoms with van der Waals surface area (Å²) in [5.41, 5.74) is 1.65. The third kappa shape index (κ3) is 6.01. The van der Waals surface area contributed by atoms with Crippen LogP contribution in [0.5, 0.6) is 11.5 Å². The highest BCUT2D eigenvalue weighted by atomic mass is 19.1. The Bertz CT molecular complexity index is 1330. The van der Waals surface area contributed by atoms with Crippen molar-refractivity contribution in [1.29, 1.82) is 0 Å². The second-order valence-electron chi connectivity index (χ2n) is 8.76. The number of halogens is 1. The van der Waals surface area contributed by atoms with Crippen LogP contribution in [0.15, 0.2) is 61.3 Å². The van der Waals surface area contributed by atoms with Gasteiger partial charge in [0.1, 0.15) is 17.3 Å². The quantitative estimate of drug-likeness (QED) is 0.360.